The summed E-state index contributed by atoms with van der Waals surface area (Å²) in [6, 6.07) is 0. The highest BCUT2D eigenvalue weighted by Crippen LogP contribution is 2.10. The van der Waals surface area contributed by atoms with E-state index in [9.17, 15) is 0 Å². The van der Waals surface area contributed by atoms with E-state index in [1.54, 1.807) is 6.33 Å². The molecule has 0 aliphatic heterocycles. The topological polar surface area (TPSA) is 60.6 Å². The third-order valence-corrected chi connectivity index (χ3v) is 2.01. The van der Waals surface area contributed by atoms with E-state index in [1.807, 2.05) is 19.0 Å². The first-order chi connectivity index (χ1) is 6.18. The molecule has 0 bridgehead atoms. The summed E-state index contributed by atoms with van der Waals surface area (Å²) < 4.78 is 0.537. The second kappa shape index (κ2) is 2.81. The Balaban J connectivity index is 2.77. The van der Waals surface area contributed by atoms with Crippen LogP contribution >= 0.6 is 12.2 Å². The van der Waals surface area contributed by atoms with Gasteiger partial charge in [-0.15, -0.1) is 0 Å². The molecule has 2 heterocycles. The Kier molecular flexibility index (Phi) is 1.77. The van der Waals surface area contributed by atoms with Gasteiger partial charge in [0.05, 0.1) is 6.33 Å². The highest BCUT2D eigenvalue weighted by Gasteiger charge is 2.03. The van der Waals surface area contributed by atoms with E-state index in [4.69, 9.17) is 12.2 Å². The van der Waals surface area contributed by atoms with Crippen LogP contribution in [0.4, 0.5) is 5.95 Å². The first-order valence-electron chi connectivity index (χ1n) is 3.79. The van der Waals surface area contributed by atoms with Crippen molar-refractivity contribution in [2.75, 3.05) is 19.0 Å². The summed E-state index contributed by atoms with van der Waals surface area (Å²) in [7, 11) is 3.79. The number of aromatic nitrogens is 4. The summed E-state index contributed by atoms with van der Waals surface area (Å²) in [6.07, 6.45) is 1.60. The van der Waals surface area contributed by atoms with E-state index in [-0.39, 0.29) is 0 Å². The molecule has 0 saturated carbocycles. The van der Waals surface area contributed by atoms with Crippen molar-refractivity contribution in [3.8, 4) is 0 Å². The van der Waals surface area contributed by atoms with E-state index < -0.39 is 0 Å². The minimum atomic E-state index is 0.537. The first kappa shape index (κ1) is 8.18. The van der Waals surface area contributed by atoms with Crippen LogP contribution in [0.5, 0.6) is 0 Å². The number of rotatable bonds is 1. The molecule has 6 heteroatoms. The molecule has 0 unspecified atom stereocenters. The van der Waals surface area contributed by atoms with Crippen molar-refractivity contribution in [3.05, 3.63) is 11.0 Å². The van der Waals surface area contributed by atoms with Crippen LogP contribution in [-0.4, -0.2) is 34.0 Å². The maximum Gasteiger partial charge on any atom is 0.205 e. The number of anilines is 1. The predicted octanol–water partition coefficient (Wildman–Crippen LogP) is 1.08. The molecule has 2 N–H and O–H groups in total. The summed E-state index contributed by atoms with van der Waals surface area (Å²) >= 11 is 5.09. The van der Waals surface area contributed by atoms with Gasteiger partial charge in [-0.1, -0.05) is 12.2 Å². The standard InChI is InChI=1S/C7H9N5S/c1-12(2)7-10-5-4(6(13)11-7)8-3-9-5/h3H,1-2H3,(H2,8,9,10,11,13). The number of hydrogen-bond acceptors (Lipinski definition) is 4. The van der Waals surface area contributed by atoms with Crippen molar-refractivity contribution in [1.29, 1.82) is 0 Å². The van der Waals surface area contributed by atoms with Crippen molar-refractivity contribution in [1.82, 2.24) is 19.9 Å². The lowest BCUT2D eigenvalue weighted by Gasteiger charge is -2.09. The van der Waals surface area contributed by atoms with Crippen LogP contribution in [0, 0.1) is 4.64 Å². The summed E-state index contributed by atoms with van der Waals surface area (Å²) in [5.41, 5.74) is 1.52. The Morgan fingerprint density at radius 1 is 1.46 bits per heavy atom. The second-order valence-corrected chi connectivity index (χ2v) is 3.27. The third kappa shape index (κ3) is 1.29. The molecule has 0 atom stereocenters. The third-order valence-electron chi connectivity index (χ3n) is 1.71. The van der Waals surface area contributed by atoms with Gasteiger partial charge in [-0.25, -0.2) is 9.97 Å². The largest absolute Gasteiger partial charge is 0.348 e. The molecule has 13 heavy (non-hydrogen) atoms. The fraction of sp³-hybridized carbons (Fsp3) is 0.286. The summed E-state index contributed by atoms with van der Waals surface area (Å²) in [4.78, 5) is 16.1. The van der Waals surface area contributed by atoms with E-state index in [2.05, 4.69) is 19.9 Å². The average molecular weight is 195 g/mol. The average Bonchev–Trinajstić information content (AvgIpc) is 2.51. The normalized spacial score (nSPS) is 10.6. The van der Waals surface area contributed by atoms with E-state index in [1.165, 1.54) is 0 Å². The van der Waals surface area contributed by atoms with Crippen LogP contribution in [-0.2, 0) is 0 Å². The smallest absolute Gasteiger partial charge is 0.205 e. The Morgan fingerprint density at radius 2 is 2.23 bits per heavy atom. The molecule has 68 valence electrons. The van der Waals surface area contributed by atoms with Gasteiger partial charge < -0.3 is 14.9 Å². The van der Waals surface area contributed by atoms with Gasteiger partial charge in [0.1, 0.15) is 5.52 Å². The highest BCUT2D eigenvalue weighted by molar-refractivity contribution is 7.71. The molecule has 2 aromatic heterocycles. The van der Waals surface area contributed by atoms with Crippen molar-refractivity contribution < 1.29 is 0 Å². The minimum Gasteiger partial charge on any atom is -0.348 e. The van der Waals surface area contributed by atoms with Crippen LogP contribution in [0.2, 0.25) is 0 Å². The van der Waals surface area contributed by atoms with Gasteiger partial charge in [0.2, 0.25) is 5.95 Å². The number of fused-ring (bicyclic) bond motifs is 1. The molecule has 2 aromatic rings. The van der Waals surface area contributed by atoms with Gasteiger partial charge in [-0.3, -0.25) is 0 Å². The highest BCUT2D eigenvalue weighted by atomic mass is 32.1. The zero-order chi connectivity index (χ0) is 9.42. The quantitative estimate of drug-likeness (QED) is 0.668. The predicted molar refractivity (Wildman–Crippen MR) is 53.4 cm³/mol. The summed E-state index contributed by atoms with van der Waals surface area (Å²) in [6.45, 7) is 0. The van der Waals surface area contributed by atoms with E-state index >= 15 is 0 Å². The van der Waals surface area contributed by atoms with Crippen molar-refractivity contribution in [2.45, 2.75) is 0 Å². The molecular weight excluding hydrogens is 186 g/mol. The van der Waals surface area contributed by atoms with Gasteiger partial charge in [0.25, 0.3) is 0 Å². The number of imidazole rings is 1. The van der Waals surface area contributed by atoms with Gasteiger partial charge >= 0.3 is 0 Å². The Labute approximate surface area is 79.8 Å². The number of nitrogens with zero attached hydrogens (tertiary/aromatic N) is 3. The number of nitrogens with one attached hydrogen (secondary N) is 2. The Bertz CT molecular complexity index is 483. The molecule has 0 aliphatic rings. The Morgan fingerprint density at radius 3 is 2.92 bits per heavy atom. The number of aromatic amines is 2. The molecule has 0 aliphatic carbocycles. The van der Waals surface area contributed by atoms with Crippen LogP contribution in [0.15, 0.2) is 6.33 Å². The lowest BCUT2D eigenvalue weighted by Crippen LogP contribution is -2.12. The first-order valence-corrected chi connectivity index (χ1v) is 4.20. The zero-order valence-electron chi connectivity index (χ0n) is 7.33. The summed E-state index contributed by atoms with van der Waals surface area (Å²) in [5, 5.41) is 0. The number of hydrogen-bond donors (Lipinski definition) is 2. The van der Waals surface area contributed by atoms with Crippen molar-refractivity contribution in [2.24, 2.45) is 0 Å². The lowest BCUT2D eigenvalue weighted by molar-refractivity contribution is 1.01. The molecule has 0 aromatic carbocycles. The molecule has 0 radical (unpaired) electrons. The molecule has 0 spiro atoms. The fourth-order valence-electron chi connectivity index (χ4n) is 1.05. The second-order valence-electron chi connectivity index (χ2n) is 2.89. The molecule has 2 rings (SSSR count). The van der Waals surface area contributed by atoms with Gasteiger partial charge in [-0.05, 0) is 0 Å². The lowest BCUT2D eigenvalue weighted by atomic mass is 10.5. The van der Waals surface area contributed by atoms with Gasteiger partial charge in [0, 0.05) is 14.1 Å². The summed E-state index contributed by atoms with van der Waals surface area (Å²) in [5.74, 6) is 0.713. The zero-order valence-corrected chi connectivity index (χ0v) is 8.14. The van der Waals surface area contributed by atoms with Crippen LogP contribution < -0.4 is 4.90 Å². The molecule has 0 amide bonds. The van der Waals surface area contributed by atoms with Crippen molar-refractivity contribution >= 4 is 29.3 Å². The van der Waals surface area contributed by atoms with E-state index in [0.29, 0.717) is 10.6 Å². The van der Waals surface area contributed by atoms with Gasteiger partial charge in [0.15, 0.2) is 10.3 Å². The molecule has 5 nitrogen and oxygen atoms in total. The van der Waals surface area contributed by atoms with Gasteiger partial charge in [-0.2, -0.15) is 0 Å². The van der Waals surface area contributed by atoms with Crippen LogP contribution in [0.3, 0.4) is 0 Å². The minimum absolute atomic E-state index is 0.537. The SMILES string of the molecule is CN(C)c1nc(=S)c2[nH]cnc2[nH]1. The van der Waals surface area contributed by atoms with Crippen LogP contribution in [0.25, 0.3) is 11.2 Å². The Hall–Kier alpha value is -1.43. The molecular formula is C7H9N5S. The molecule has 0 saturated heterocycles. The van der Waals surface area contributed by atoms with Crippen LogP contribution in [0.1, 0.15) is 0 Å². The maximum atomic E-state index is 5.09. The monoisotopic (exact) mass is 195 g/mol. The fourth-order valence-corrected chi connectivity index (χ4v) is 1.29. The van der Waals surface area contributed by atoms with Crippen molar-refractivity contribution in [3.63, 3.8) is 0 Å². The number of H-pyrrole nitrogens is 2. The maximum absolute atomic E-state index is 5.09. The molecule has 0 fully saturated rings. The van der Waals surface area contributed by atoms with E-state index in [0.717, 1.165) is 11.2 Å².